The largest absolute Gasteiger partial charge is 0.317 e. The van der Waals surface area contributed by atoms with Gasteiger partial charge in [-0.1, -0.05) is 0 Å². The zero-order valence-corrected chi connectivity index (χ0v) is 11.8. The quantitative estimate of drug-likeness (QED) is 0.875. The SMILES string of the molecule is O=C1N(c2cccs2)c2cccnc2C12CCNCC2. The Hall–Kier alpha value is -1.72. The minimum Gasteiger partial charge on any atom is -0.317 e. The fraction of sp³-hybridized carbons (Fsp3) is 0.333. The van der Waals surface area contributed by atoms with Crippen molar-refractivity contribution in [3.8, 4) is 0 Å². The minimum absolute atomic E-state index is 0.190. The van der Waals surface area contributed by atoms with Crippen LogP contribution in [0.1, 0.15) is 18.5 Å². The van der Waals surface area contributed by atoms with Gasteiger partial charge in [0, 0.05) is 6.20 Å². The van der Waals surface area contributed by atoms with Gasteiger partial charge in [0.05, 0.1) is 16.8 Å². The Kier molecular flexibility index (Phi) is 2.65. The number of amides is 1. The monoisotopic (exact) mass is 285 g/mol. The van der Waals surface area contributed by atoms with Gasteiger partial charge in [-0.15, -0.1) is 11.3 Å². The molecule has 4 heterocycles. The van der Waals surface area contributed by atoms with Gasteiger partial charge in [0.1, 0.15) is 5.00 Å². The highest BCUT2D eigenvalue weighted by Crippen LogP contribution is 2.49. The number of hydrogen-bond donors (Lipinski definition) is 1. The number of anilines is 2. The topological polar surface area (TPSA) is 45.2 Å². The molecule has 20 heavy (non-hydrogen) atoms. The van der Waals surface area contributed by atoms with E-state index in [-0.39, 0.29) is 5.91 Å². The molecule has 4 nitrogen and oxygen atoms in total. The van der Waals surface area contributed by atoms with E-state index in [0.29, 0.717) is 0 Å². The van der Waals surface area contributed by atoms with E-state index in [1.54, 1.807) is 17.5 Å². The molecule has 2 aromatic rings. The summed E-state index contributed by atoms with van der Waals surface area (Å²) in [6.07, 6.45) is 3.46. The van der Waals surface area contributed by atoms with Crippen LogP contribution in [0.15, 0.2) is 35.8 Å². The Bertz CT molecular complexity index is 647. The maximum absolute atomic E-state index is 13.1. The number of aromatic nitrogens is 1. The average Bonchev–Trinajstić information content (AvgIpc) is 3.09. The lowest BCUT2D eigenvalue weighted by Crippen LogP contribution is -2.46. The van der Waals surface area contributed by atoms with Crippen molar-refractivity contribution in [1.29, 1.82) is 0 Å². The third-order valence-corrected chi connectivity index (χ3v) is 5.13. The summed E-state index contributed by atoms with van der Waals surface area (Å²) < 4.78 is 0. The maximum Gasteiger partial charge on any atom is 0.244 e. The molecule has 4 rings (SSSR count). The number of pyridine rings is 1. The number of nitrogens with one attached hydrogen (secondary N) is 1. The van der Waals surface area contributed by atoms with Crippen LogP contribution in [0.2, 0.25) is 0 Å². The molecule has 0 aliphatic carbocycles. The Morgan fingerprint density at radius 2 is 2.10 bits per heavy atom. The molecule has 1 amide bonds. The van der Waals surface area contributed by atoms with Gasteiger partial charge < -0.3 is 5.32 Å². The number of piperidine rings is 1. The molecule has 0 aromatic carbocycles. The Labute approximate surface area is 121 Å². The third-order valence-electron chi connectivity index (χ3n) is 4.28. The van der Waals surface area contributed by atoms with E-state index in [9.17, 15) is 4.79 Å². The fourth-order valence-electron chi connectivity index (χ4n) is 3.29. The van der Waals surface area contributed by atoms with Gasteiger partial charge in [0.15, 0.2) is 0 Å². The number of hydrogen-bond acceptors (Lipinski definition) is 4. The van der Waals surface area contributed by atoms with Crippen LogP contribution in [0.25, 0.3) is 0 Å². The van der Waals surface area contributed by atoms with Crippen molar-refractivity contribution in [2.24, 2.45) is 0 Å². The van der Waals surface area contributed by atoms with Crippen molar-refractivity contribution >= 4 is 27.9 Å². The summed E-state index contributed by atoms with van der Waals surface area (Å²) in [5.41, 5.74) is 1.49. The molecule has 1 N–H and O–H groups in total. The second-order valence-corrected chi connectivity index (χ2v) is 6.22. The van der Waals surface area contributed by atoms with Gasteiger partial charge in [-0.3, -0.25) is 14.7 Å². The first kappa shape index (κ1) is 12.1. The number of fused-ring (bicyclic) bond motifs is 2. The summed E-state index contributed by atoms with van der Waals surface area (Å²) >= 11 is 1.60. The zero-order chi connectivity index (χ0) is 13.6. The molecule has 1 fully saturated rings. The lowest BCUT2D eigenvalue weighted by molar-refractivity contribution is -0.123. The molecular formula is C15H15N3OS. The first-order valence-corrected chi connectivity index (χ1v) is 7.75. The first-order chi connectivity index (χ1) is 9.83. The van der Waals surface area contributed by atoms with Crippen molar-refractivity contribution in [2.75, 3.05) is 18.0 Å². The van der Waals surface area contributed by atoms with E-state index in [1.807, 2.05) is 34.5 Å². The summed E-state index contributed by atoms with van der Waals surface area (Å²) in [4.78, 5) is 19.5. The first-order valence-electron chi connectivity index (χ1n) is 6.87. The van der Waals surface area contributed by atoms with E-state index in [1.165, 1.54) is 0 Å². The smallest absolute Gasteiger partial charge is 0.244 e. The predicted octanol–water partition coefficient (Wildman–Crippen LogP) is 2.44. The Morgan fingerprint density at radius 3 is 2.85 bits per heavy atom. The maximum atomic E-state index is 13.1. The molecule has 0 saturated carbocycles. The van der Waals surface area contributed by atoms with Gasteiger partial charge in [0.2, 0.25) is 5.91 Å². The van der Waals surface area contributed by atoms with Gasteiger partial charge >= 0.3 is 0 Å². The van der Waals surface area contributed by atoms with Gasteiger partial charge in [-0.05, 0) is 55.6 Å². The molecule has 1 saturated heterocycles. The number of thiophene rings is 1. The molecule has 2 aliphatic rings. The molecule has 0 bridgehead atoms. The number of carbonyl (C=O) groups is 1. The summed E-state index contributed by atoms with van der Waals surface area (Å²) in [6.45, 7) is 1.75. The number of nitrogens with zero attached hydrogens (tertiary/aromatic N) is 2. The van der Waals surface area contributed by atoms with Crippen molar-refractivity contribution in [1.82, 2.24) is 10.3 Å². The highest BCUT2D eigenvalue weighted by molar-refractivity contribution is 7.14. The molecule has 102 valence electrons. The van der Waals surface area contributed by atoms with Crippen molar-refractivity contribution < 1.29 is 4.79 Å². The molecule has 0 atom stereocenters. The average molecular weight is 285 g/mol. The summed E-state index contributed by atoms with van der Waals surface area (Å²) in [6, 6.07) is 7.90. The summed E-state index contributed by atoms with van der Waals surface area (Å²) in [5.74, 6) is 0.190. The lowest BCUT2D eigenvalue weighted by atomic mass is 9.76. The molecule has 5 heteroatoms. The third kappa shape index (κ3) is 1.50. The van der Waals surface area contributed by atoms with E-state index in [2.05, 4.69) is 10.3 Å². The van der Waals surface area contributed by atoms with Crippen LogP contribution in [-0.4, -0.2) is 24.0 Å². The highest BCUT2D eigenvalue weighted by atomic mass is 32.1. The fourth-order valence-corrected chi connectivity index (χ4v) is 4.03. The Balaban J connectivity index is 1.90. The zero-order valence-electron chi connectivity index (χ0n) is 11.0. The molecule has 1 spiro atoms. The van der Waals surface area contributed by atoms with Crippen molar-refractivity contribution in [2.45, 2.75) is 18.3 Å². The van der Waals surface area contributed by atoms with Crippen molar-refractivity contribution in [3.05, 3.63) is 41.5 Å². The number of rotatable bonds is 1. The van der Waals surface area contributed by atoms with Crippen LogP contribution < -0.4 is 10.2 Å². The van der Waals surface area contributed by atoms with Gasteiger partial charge in [-0.2, -0.15) is 0 Å². The Morgan fingerprint density at radius 1 is 1.25 bits per heavy atom. The van der Waals surface area contributed by atoms with Crippen molar-refractivity contribution in [3.63, 3.8) is 0 Å². The second kappa shape index (κ2) is 4.40. The lowest BCUT2D eigenvalue weighted by Gasteiger charge is -2.31. The molecular weight excluding hydrogens is 270 g/mol. The normalized spacial score (nSPS) is 20.4. The van der Waals surface area contributed by atoms with Gasteiger partial charge in [-0.25, -0.2) is 0 Å². The summed E-state index contributed by atoms with van der Waals surface area (Å²) in [5, 5.41) is 6.33. The van der Waals surface area contributed by atoms with E-state index in [0.717, 1.165) is 42.3 Å². The molecule has 0 radical (unpaired) electrons. The van der Waals surface area contributed by atoms with Crippen LogP contribution in [0.5, 0.6) is 0 Å². The van der Waals surface area contributed by atoms with Crippen LogP contribution in [0, 0.1) is 0 Å². The second-order valence-electron chi connectivity index (χ2n) is 5.30. The molecule has 2 aliphatic heterocycles. The van der Waals surface area contributed by atoms with Crippen LogP contribution in [0.3, 0.4) is 0 Å². The van der Waals surface area contributed by atoms with E-state index < -0.39 is 5.41 Å². The van der Waals surface area contributed by atoms with Crippen LogP contribution in [-0.2, 0) is 10.2 Å². The molecule has 2 aromatic heterocycles. The van der Waals surface area contributed by atoms with Gasteiger partial charge in [0.25, 0.3) is 0 Å². The standard InChI is InChI=1S/C15H15N3OS/c19-14-15(5-8-16-9-6-15)13-11(3-1-7-17-13)18(14)12-4-2-10-20-12/h1-4,7,10,16H,5-6,8-9H2. The summed E-state index contributed by atoms with van der Waals surface area (Å²) in [7, 11) is 0. The molecule has 0 unspecified atom stereocenters. The predicted molar refractivity (Wildman–Crippen MR) is 79.5 cm³/mol. The highest BCUT2D eigenvalue weighted by Gasteiger charge is 2.52. The number of carbonyl (C=O) groups excluding carboxylic acids is 1. The van der Waals surface area contributed by atoms with E-state index in [4.69, 9.17) is 0 Å². The minimum atomic E-state index is -0.425. The van der Waals surface area contributed by atoms with E-state index >= 15 is 0 Å². The van der Waals surface area contributed by atoms with Crippen LogP contribution >= 0.6 is 11.3 Å². The van der Waals surface area contributed by atoms with Crippen LogP contribution in [0.4, 0.5) is 10.7 Å².